The highest BCUT2D eigenvalue weighted by atomic mass is 32.2. The molecule has 0 radical (unpaired) electrons. The fourth-order valence-corrected chi connectivity index (χ4v) is 2.27. The van der Waals surface area contributed by atoms with E-state index in [-0.39, 0.29) is 0 Å². The van der Waals surface area contributed by atoms with Gasteiger partial charge in [0.1, 0.15) is 15.7 Å². The second-order valence-corrected chi connectivity index (χ2v) is 4.74. The lowest BCUT2D eigenvalue weighted by Gasteiger charge is -2.02. The summed E-state index contributed by atoms with van der Waals surface area (Å²) in [7, 11) is 0. The number of aromatic nitrogens is 4. The first-order valence-electron chi connectivity index (χ1n) is 5.75. The van der Waals surface area contributed by atoms with Gasteiger partial charge in [-0.3, -0.25) is 4.98 Å². The van der Waals surface area contributed by atoms with E-state index in [1.165, 1.54) is 11.8 Å². The van der Waals surface area contributed by atoms with Crippen molar-refractivity contribution in [3.05, 3.63) is 61.1 Å². The standard InChI is InChI=1S/C14H10N4S/c1-3-8-15-11(5-1)14-17-10-7-13(18-14)19-12-6-2-4-9-16-12/h1-10H. The summed E-state index contributed by atoms with van der Waals surface area (Å²) in [5.74, 6) is 0.626. The van der Waals surface area contributed by atoms with Gasteiger partial charge in [0.05, 0.1) is 0 Å². The summed E-state index contributed by atoms with van der Waals surface area (Å²) in [5.41, 5.74) is 0.769. The molecule has 5 heteroatoms. The van der Waals surface area contributed by atoms with Crippen molar-refractivity contribution in [2.75, 3.05) is 0 Å². The molecule has 0 aliphatic rings. The van der Waals surface area contributed by atoms with Gasteiger partial charge in [-0.15, -0.1) is 0 Å². The highest BCUT2D eigenvalue weighted by molar-refractivity contribution is 7.99. The normalized spacial score (nSPS) is 10.3. The monoisotopic (exact) mass is 266 g/mol. The van der Waals surface area contributed by atoms with Crippen molar-refractivity contribution in [2.45, 2.75) is 10.1 Å². The second kappa shape index (κ2) is 5.58. The molecule has 0 saturated heterocycles. The summed E-state index contributed by atoms with van der Waals surface area (Å²) in [6.45, 7) is 0. The van der Waals surface area contributed by atoms with Crippen LogP contribution in [0, 0.1) is 0 Å². The van der Waals surface area contributed by atoms with E-state index >= 15 is 0 Å². The predicted molar refractivity (Wildman–Crippen MR) is 73.6 cm³/mol. The Bertz CT molecular complexity index is 659. The molecule has 0 spiro atoms. The third-order valence-corrected chi connectivity index (χ3v) is 3.26. The average molecular weight is 266 g/mol. The van der Waals surface area contributed by atoms with E-state index in [0.717, 1.165) is 15.7 Å². The smallest absolute Gasteiger partial charge is 0.179 e. The van der Waals surface area contributed by atoms with Gasteiger partial charge in [0, 0.05) is 18.6 Å². The van der Waals surface area contributed by atoms with Gasteiger partial charge in [-0.25, -0.2) is 15.0 Å². The highest BCUT2D eigenvalue weighted by Gasteiger charge is 2.05. The maximum atomic E-state index is 4.49. The molecule has 3 aromatic rings. The molecule has 0 unspecified atom stereocenters. The predicted octanol–water partition coefficient (Wildman–Crippen LogP) is 3.08. The first kappa shape index (κ1) is 11.8. The number of rotatable bonds is 3. The van der Waals surface area contributed by atoms with Crippen LogP contribution in [0.5, 0.6) is 0 Å². The van der Waals surface area contributed by atoms with Crippen molar-refractivity contribution >= 4 is 11.8 Å². The summed E-state index contributed by atoms with van der Waals surface area (Å²) in [5, 5.41) is 1.77. The molecular formula is C14H10N4S. The third-order valence-electron chi connectivity index (χ3n) is 2.37. The molecule has 0 bridgehead atoms. The molecule has 0 fully saturated rings. The van der Waals surface area contributed by atoms with Crippen LogP contribution in [0.25, 0.3) is 11.5 Å². The molecule has 92 valence electrons. The van der Waals surface area contributed by atoms with Gasteiger partial charge in [-0.1, -0.05) is 12.1 Å². The summed E-state index contributed by atoms with van der Waals surface area (Å²) < 4.78 is 0. The van der Waals surface area contributed by atoms with Crippen molar-refractivity contribution in [1.29, 1.82) is 0 Å². The van der Waals surface area contributed by atoms with Crippen molar-refractivity contribution in [3.8, 4) is 11.5 Å². The second-order valence-electron chi connectivity index (χ2n) is 3.70. The first-order valence-corrected chi connectivity index (χ1v) is 6.57. The van der Waals surface area contributed by atoms with Crippen LogP contribution in [0.2, 0.25) is 0 Å². The van der Waals surface area contributed by atoms with Gasteiger partial charge in [-0.2, -0.15) is 0 Å². The zero-order chi connectivity index (χ0) is 12.9. The highest BCUT2D eigenvalue weighted by Crippen LogP contribution is 2.24. The number of nitrogens with zero attached hydrogens (tertiary/aromatic N) is 4. The van der Waals surface area contributed by atoms with E-state index < -0.39 is 0 Å². The van der Waals surface area contributed by atoms with Gasteiger partial charge < -0.3 is 0 Å². The molecule has 0 amide bonds. The molecule has 0 atom stereocenters. The zero-order valence-corrected chi connectivity index (χ0v) is 10.8. The third kappa shape index (κ3) is 2.95. The molecule has 0 aliphatic heterocycles. The topological polar surface area (TPSA) is 51.6 Å². The summed E-state index contributed by atoms with van der Waals surface area (Å²) >= 11 is 1.51. The number of hydrogen-bond acceptors (Lipinski definition) is 5. The lowest BCUT2D eigenvalue weighted by Crippen LogP contribution is -1.92. The molecule has 3 heterocycles. The molecular weight excluding hydrogens is 256 g/mol. The van der Waals surface area contributed by atoms with Gasteiger partial charge in [-0.05, 0) is 42.1 Å². The van der Waals surface area contributed by atoms with Crippen molar-refractivity contribution < 1.29 is 0 Å². The fourth-order valence-electron chi connectivity index (χ4n) is 1.53. The van der Waals surface area contributed by atoms with Crippen LogP contribution in [-0.4, -0.2) is 19.9 Å². The van der Waals surface area contributed by atoms with E-state index in [2.05, 4.69) is 19.9 Å². The lowest BCUT2D eigenvalue weighted by atomic mass is 10.3. The molecule has 0 saturated carbocycles. The van der Waals surface area contributed by atoms with E-state index in [0.29, 0.717) is 5.82 Å². The van der Waals surface area contributed by atoms with Crippen LogP contribution in [0.3, 0.4) is 0 Å². The molecule has 0 aliphatic carbocycles. The van der Waals surface area contributed by atoms with Gasteiger partial charge in [0.25, 0.3) is 0 Å². The van der Waals surface area contributed by atoms with Crippen LogP contribution in [0.15, 0.2) is 71.1 Å². The van der Waals surface area contributed by atoms with Crippen molar-refractivity contribution in [2.24, 2.45) is 0 Å². The van der Waals surface area contributed by atoms with Crippen molar-refractivity contribution in [1.82, 2.24) is 19.9 Å². The Hall–Kier alpha value is -2.27. The summed E-state index contributed by atoms with van der Waals surface area (Å²) in [6.07, 6.45) is 5.24. The minimum Gasteiger partial charge on any atom is -0.253 e. The van der Waals surface area contributed by atoms with Crippen LogP contribution >= 0.6 is 11.8 Å². The molecule has 0 aromatic carbocycles. The van der Waals surface area contributed by atoms with Gasteiger partial charge in [0.15, 0.2) is 5.82 Å². The fraction of sp³-hybridized carbons (Fsp3) is 0. The Kier molecular flexibility index (Phi) is 3.47. The Morgan fingerprint density at radius 3 is 2.26 bits per heavy atom. The van der Waals surface area contributed by atoms with E-state index in [4.69, 9.17) is 0 Å². The van der Waals surface area contributed by atoms with E-state index in [9.17, 15) is 0 Å². The molecule has 3 aromatic heterocycles. The Balaban J connectivity index is 1.89. The SMILES string of the molecule is c1ccc(Sc2ccnc(-c3ccccn3)n2)nc1. The van der Waals surface area contributed by atoms with Crippen LogP contribution in [0.4, 0.5) is 0 Å². The van der Waals surface area contributed by atoms with E-state index in [1.54, 1.807) is 18.6 Å². The van der Waals surface area contributed by atoms with Crippen molar-refractivity contribution in [3.63, 3.8) is 0 Å². The zero-order valence-electron chi connectivity index (χ0n) is 9.97. The van der Waals surface area contributed by atoms with Crippen LogP contribution in [-0.2, 0) is 0 Å². The Morgan fingerprint density at radius 1 is 0.684 bits per heavy atom. The summed E-state index contributed by atoms with van der Waals surface area (Å²) in [6, 6.07) is 13.4. The molecule has 0 N–H and O–H groups in total. The quantitative estimate of drug-likeness (QED) is 0.682. The number of hydrogen-bond donors (Lipinski definition) is 0. The van der Waals surface area contributed by atoms with E-state index in [1.807, 2.05) is 42.5 Å². The van der Waals surface area contributed by atoms with Gasteiger partial charge >= 0.3 is 0 Å². The van der Waals surface area contributed by atoms with Crippen LogP contribution in [0.1, 0.15) is 0 Å². The average Bonchev–Trinajstić information content (AvgIpc) is 2.49. The Morgan fingerprint density at radius 2 is 1.53 bits per heavy atom. The lowest BCUT2D eigenvalue weighted by molar-refractivity contribution is 1.03. The maximum Gasteiger partial charge on any atom is 0.179 e. The largest absolute Gasteiger partial charge is 0.253 e. The molecule has 19 heavy (non-hydrogen) atoms. The number of pyridine rings is 2. The summed E-state index contributed by atoms with van der Waals surface area (Å²) in [4.78, 5) is 17.2. The molecule has 4 nitrogen and oxygen atoms in total. The maximum absolute atomic E-state index is 4.49. The first-order chi connectivity index (χ1) is 9.42. The van der Waals surface area contributed by atoms with Gasteiger partial charge in [0.2, 0.25) is 0 Å². The molecule has 3 rings (SSSR count). The van der Waals surface area contributed by atoms with Crippen LogP contribution < -0.4 is 0 Å². The minimum atomic E-state index is 0.626. The minimum absolute atomic E-state index is 0.626. The Labute approximate surface area is 115 Å².